The van der Waals surface area contributed by atoms with E-state index in [0.29, 0.717) is 10.7 Å². The summed E-state index contributed by atoms with van der Waals surface area (Å²) in [6.45, 7) is 0.0864. The van der Waals surface area contributed by atoms with Crippen molar-refractivity contribution >= 4 is 33.2 Å². The molecule has 0 radical (unpaired) electrons. The van der Waals surface area contributed by atoms with Gasteiger partial charge < -0.3 is 0 Å². The molecule has 0 atom stereocenters. The summed E-state index contributed by atoms with van der Waals surface area (Å²) in [6.07, 6.45) is 0. The number of hydrogen-bond acceptors (Lipinski definition) is 4. The minimum atomic E-state index is -4.03. The van der Waals surface area contributed by atoms with Crippen molar-refractivity contribution in [3.8, 4) is 0 Å². The van der Waals surface area contributed by atoms with Crippen molar-refractivity contribution in [1.29, 1.82) is 0 Å². The molecule has 3 aromatic rings. The number of rotatable bonds is 7. The van der Waals surface area contributed by atoms with Gasteiger partial charge in [-0.2, -0.15) is 0 Å². The largest absolute Gasteiger partial charge is 0.277 e. The molecule has 6 nitrogen and oxygen atoms in total. The lowest BCUT2D eigenvalue weighted by atomic mass is 10.2. The van der Waals surface area contributed by atoms with Gasteiger partial charge in [0.15, 0.2) is 0 Å². The van der Waals surface area contributed by atoms with Gasteiger partial charge in [0.2, 0.25) is 0 Å². The van der Waals surface area contributed by atoms with Gasteiger partial charge in [0.05, 0.1) is 29.3 Å². The van der Waals surface area contributed by atoms with Gasteiger partial charge in [-0.05, 0) is 35.9 Å². The molecule has 0 saturated heterocycles. The summed E-state index contributed by atoms with van der Waals surface area (Å²) in [4.78, 5) is 17.3. The number of carbonyl (C=O) groups is 1. The van der Waals surface area contributed by atoms with Crippen LogP contribution < -0.4 is 4.31 Å². The first-order valence-corrected chi connectivity index (χ1v) is 10.9. The Balaban J connectivity index is 2.09. The number of sulfonamides is 1. The van der Waals surface area contributed by atoms with E-state index in [0.717, 1.165) is 10.6 Å². The van der Waals surface area contributed by atoms with Crippen molar-refractivity contribution in [3.05, 3.63) is 95.0 Å². The van der Waals surface area contributed by atoms with Crippen LogP contribution in [0.1, 0.15) is 15.9 Å². The molecule has 0 aliphatic rings. The lowest BCUT2D eigenvalue weighted by Crippen LogP contribution is -2.31. The van der Waals surface area contributed by atoms with Crippen molar-refractivity contribution in [2.24, 2.45) is 0 Å². The van der Waals surface area contributed by atoms with Crippen molar-refractivity contribution in [3.63, 3.8) is 0 Å². The van der Waals surface area contributed by atoms with Crippen LogP contribution in [0.4, 0.5) is 5.69 Å². The van der Waals surface area contributed by atoms with Crippen LogP contribution in [-0.4, -0.2) is 33.5 Å². The number of halogens is 1. The van der Waals surface area contributed by atoms with Crippen LogP contribution in [0.15, 0.2) is 83.8 Å². The highest BCUT2D eigenvalue weighted by Crippen LogP contribution is 2.32. The van der Waals surface area contributed by atoms with Crippen molar-refractivity contribution in [2.75, 3.05) is 18.5 Å². The Morgan fingerprint density at radius 1 is 0.967 bits per heavy atom. The minimum absolute atomic E-state index is 0.0197. The molecule has 0 bridgehead atoms. The van der Waals surface area contributed by atoms with E-state index in [1.165, 1.54) is 42.7 Å². The van der Waals surface area contributed by atoms with Crippen molar-refractivity contribution in [1.82, 2.24) is 5.06 Å². The van der Waals surface area contributed by atoms with Crippen LogP contribution in [0.2, 0.25) is 5.02 Å². The first-order valence-electron chi connectivity index (χ1n) is 9.08. The molecule has 0 N–H and O–H groups in total. The van der Waals surface area contributed by atoms with Gasteiger partial charge in [0, 0.05) is 12.6 Å². The number of para-hydroxylation sites is 1. The molecule has 0 aliphatic heterocycles. The maximum Gasteiger partial charge on any atom is 0.277 e. The fraction of sp³-hybridized carbons (Fsp3) is 0.136. The van der Waals surface area contributed by atoms with E-state index in [1.807, 2.05) is 30.3 Å². The summed E-state index contributed by atoms with van der Waals surface area (Å²) in [5, 5.41) is 1.34. The Hall–Kier alpha value is -2.87. The third-order valence-corrected chi connectivity index (χ3v) is 6.59. The van der Waals surface area contributed by atoms with E-state index < -0.39 is 15.9 Å². The zero-order chi connectivity index (χ0) is 21.7. The molecule has 3 rings (SSSR count). The Morgan fingerprint density at radius 3 is 2.30 bits per heavy atom. The van der Waals surface area contributed by atoms with E-state index in [9.17, 15) is 13.2 Å². The normalized spacial score (nSPS) is 11.2. The van der Waals surface area contributed by atoms with Crippen LogP contribution >= 0.6 is 11.6 Å². The third-order valence-electron chi connectivity index (χ3n) is 4.52. The van der Waals surface area contributed by atoms with Crippen molar-refractivity contribution in [2.45, 2.75) is 11.4 Å². The number of hydroxylamine groups is 2. The molecular weight excluding hydrogens is 424 g/mol. The number of hydrogen-bond donors (Lipinski definition) is 0. The second-order valence-electron chi connectivity index (χ2n) is 6.46. The number of nitrogens with zero attached hydrogens (tertiary/aromatic N) is 2. The third kappa shape index (κ3) is 4.64. The molecule has 0 unspecified atom stereocenters. The van der Waals surface area contributed by atoms with Gasteiger partial charge in [0.25, 0.3) is 15.9 Å². The van der Waals surface area contributed by atoms with Crippen LogP contribution in [0.3, 0.4) is 0 Å². The highest BCUT2D eigenvalue weighted by Gasteiger charge is 2.28. The second kappa shape index (κ2) is 9.30. The first kappa shape index (κ1) is 21.8. The monoisotopic (exact) mass is 444 g/mol. The lowest BCUT2D eigenvalue weighted by Gasteiger charge is -2.26. The fourth-order valence-electron chi connectivity index (χ4n) is 2.88. The average Bonchev–Trinajstić information content (AvgIpc) is 2.77. The van der Waals surface area contributed by atoms with Crippen LogP contribution in [0.5, 0.6) is 0 Å². The minimum Gasteiger partial charge on any atom is -0.274 e. The van der Waals surface area contributed by atoms with Gasteiger partial charge in [-0.1, -0.05) is 60.1 Å². The maximum atomic E-state index is 13.6. The topological polar surface area (TPSA) is 66.9 Å². The number of anilines is 1. The zero-order valence-electron chi connectivity index (χ0n) is 16.5. The molecule has 0 heterocycles. The van der Waals surface area contributed by atoms with E-state index >= 15 is 0 Å². The van der Waals surface area contributed by atoms with Crippen molar-refractivity contribution < 1.29 is 18.0 Å². The SMILES string of the molecule is CON(C)C(=O)c1cccc(S(=O)(=O)N(Cc2ccccc2)c2ccccc2Cl)c1. The van der Waals surface area contributed by atoms with E-state index in [1.54, 1.807) is 24.3 Å². The molecule has 8 heteroatoms. The summed E-state index contributed by atoms with van der Waals surface area (Å²) < 4.78 is 28.5. The van der Waals surface area contributed by atoms with E-state index in [2.05, 4.69) is 0 Å². The standard InChI is InChI=1S/C22H21ClN2O4S/c1-24(29-2)22(26)18-11-8-12-19(15-18)30(27,28)25(16-17-9-4-3-5-10-17)21-14-7-6-13-20(21)23/h3-15H,16H2,1-2H3. The van der Waals surface area contributed by atoms with Gasteiger partial charge in [-0.25, -0.2) is 13.5 Å². The Morgan fingerprint density at radius 2 is 1.63 bits per heavy atom. The fourth-order valence-corrected chi connectivity index (χ4v) is 4.69. The molecular formula is C22H21ClN2O4S. The molecule has 3 aromatic carbocycles. The predicted molar refractivity (Wildman–Crippen MR) is 117 cm³/mol. The summed E-state index contributed by atoms with van der Waals surface area (Å²) in [6, 6.07) is 21.8. The molecule has 0 fully saturated rings. The predicted octanol–water partition coefficient (Wildman–Crippen LogP) is 4.37. The van der Waals surface area contributed by atoms with Gasteiger partial charge in [-0.3, -0.25) is 13.9 Å². The number of carbonyl (C=O) groups excluding carboxylic acids is 1. The molecule has 0 spiro atoms. The zero-order valence-corrected chi connectivity index (χ0v) is 18.1. The van der Waals surface area contributed by atoms with E-state index in [-0.39, 0.29) is 17.0 Å². The smallest absolute Gasteiger partial charge is 0.274 e. The average molecular weight is 445 g/mol. The Labute approximate surface area is 181 Å². The highest BCUT2D eigenvalue weighted by atomic mass is 35.5. The lowest BCUT2D eigenvalue weighted by molar-refractivity contribution is -0.0757. The van der Waals surface area contributed by atoms with Crippen LogP contribution in [0.25, 0.3) is 0 Å². The number of benzene rings is 3. The maximum absolute atomic E-state index is 13.6. The molecule has 1 amide bonds. The molecule has 0 aliphatic carbocycles. The summed E-state index contributed by atoms with van der Waals surface area (Å²) in [7, 11) is -1.21. The summed E-state index contributed by atoms with van der Waals surface area (Å²) in [5.41, 5.74) is 1.35. The molecule has 156 valence electrons. The van der Waals surface area contributed by atoms with E-state index in [4.69, 9.17) is 16.4 Å². The van der Waals surface area contributed by atoms with Crippen LogP contribution in [-0.2, 0) is 21.4 Å². The highest BCUT2D eigenvalue weighted by molar-refractivity contribution is 7.92. The van der Waals surface area contributed by atoms with Crippen LogP contribution in [0, 0.1) is 0 Å². The first-order chi connectivity index (χ1) is 14.3. The molecule has 30 heavy (non-hydrogen) atoms. The molecule has 0 saturated carbocycles. The summed E-state index contributed by atoms with van der Waals surface area (Å²) >= 11 is 6.34. The molecule has 0 aromatic heterocycles. The van der Waals surface area contributed by atoms with Gasteiger partial charge >= 0.3 is 0 Å². The van der Waals surface area contributed by atoms with Gasteiger partial charge in [0.1, 0.15) is 0 Å². The number of amides is 1. The quantitative estimate of drug-likeness (QED) is 0.507. The summed E-state index contributed by atoms with van der Waals surface area (Å²) in [5.74, 6) is -0.457. The second-order valence-corrected chi connectivity index (χ2v) is 8.73. The Kier molecular flexibility index (Phi) is 6.77. The Bertz CT molecular complexity index is 1140. The van der Waals surface area contributed by atoms with Gasteiger partial charge in [-0.15, -0.1) is 0 Å².